The summed E-state index contributed by atoms with van der Waals surface area (Å²) in [5.74, 6) is 0.849. The minimum Gasteiger partial charge on any atom is -0.301 e. The molecule has 1 fully saturated rings. The molecule has 1 saturated heterocycles. The van der Waals surface area contributed by atoms with Gasteiger partial charge in [0.25, 0.3) is 0 Å². The molecule has 0 bridgehead atoms. The highest BCUT2D eigenvalue weighted by atomic mass is 15.2. The maximum Gasteiger partial charge on any atom is 0.00385 e. The molecule has 84 valence electrons. The molecule has 1 aliphatic rings. The third-order valence-electron chi connectivity index (χ3n) is 4.45. The molecule has 0 amide bonds. The molecule has 0 aliphatic carbocycles. The van der Waals surface area contributed by atoms with E-state index in [0.29, 0.717) is 5.41 Å². The van der Waals surface area contributed by atoms with Crippen molar-refractivity contribution in [3.8, 4) is 0 Å². The van der Waals surface area contributed by atoms with Crippen molar-refractivity contribution in [2.45, 2.75) is 59.9 Å². The summed E-state index contributed by atoms with van der Waals surface area (Å²) in [6.07, 6.45) is 4.16. The van der Waals surface area contributed by atoms with E-state index in [2.05, 4.69) is 39.5 Å². The van der Waals surface area contributed by atoms with Gasteiger partial charge in [-0.25, -0.2) is 0 Å². The predicted octanol–water partition coefficient (Wildman–Crippen LogP) is 3.54. The van der Waals surface area contributed by atoms with Crippen LogP contribution in [0.15, 0.2) is 0 Å². The maximum atomic E-state index is 2.62. The fourth-order valence-electron chi connectivity index (χ4n) is 2.82. The second-order valence-electron chi connectivity index (χ2n) is 5.50. The summed E-state index contributed by atoms with van der Waals surface area (Å²) in [5, 5.41) is 0. The smallest absolute Gasteiger partial charge is 0.00385 e. The lowest BCUT2D eigenvalue weighted by Crippen LogP contribution is -2.45. The zero-order valence-corrected chi connectivity index (χ0v) is 10.6. The number of nitrogens with zero attached hydrogens (tertiary/aromatic N) is 1. The van der Waals surface area contributed by atoms with Crippen molar-refractivity contribution >= 4 is 0 Å². The van der Waals surface area contributed by atoms with E-state index >= 15 is 0 Å². The Morgan fingerprint density at radius 2 is 1.57 bits per heavy atom. The number of hydrogen-bond acceptors (Lipinski definition) is 1. The van der Waals surface area contributed by atoms with Gasteiger partial charge in [-0.05, 0) is 51.1 Å². The second kappa shape index (κ2) is 4.65. The Labute approximate surface area is 89.9 Å². The number of hydrogen-bond donors (Lipinski definition) is 0. The molecule has 0 saturated carbocycles. The highest BCUT2D eigenvalue weighted by Crippen LogP contribution is 2.41. The second-order valence-corrected chi connectivity index (χ2v) is 5.50. The van der Waals surface area contributed by atoms with Gasteiger partial charge in [-0.3, -0.25) is 0 Å². The van der Waals surface area contributed by atoms with Gasteiger partial charge in [0.15, 0.2) is 0 Å². The van der Waals surface area contributed by atoms with Gasteiger partial charge in [0.05, 0.1) is 0 Å². The van der Waals surface area contributed by atoms with Crippen LogP contribution in [0.1, 0.15) is 53.9 Å². The van der Waals surface area contributed by atoms with E-state index in [0.717, 1.165) is 12.0 Å². The molecule has 1 nitrogen and oxygen atoms in total. The molecule has 0 aromatic heterocycles. The van der Waals surface area contributed by atoms with Gasteiger partial charge in [0.2, 0.25) is 0 Å². The molecule has 0 radical (unpaired) electrons. The van der Waals surface area contributed by atoms with Crippen LogP contribution in [0.4, 0.5) is 0 Å². The summed E-state index contributed by atoms with van der Waals surface area (Å²) >= 11 is 0. The summed E-state index contributed by atoms with van der Waals surface area (Å²) in [6, 6.07) is 0.733. The average Bonchev–Trinajstić information content (AvgIpc) is 2.17. The van der Waals surface area contributed by atoms with Crippen LogP contribution in [0.2, 0.25) is 0 Å². The van der Waals surface area contributed by atoms with Crippen LogP contribution >= 0.6 is 0 Å². The molecule has 1 rings (SSSR count). The average molecular weight is 197 g/mol. The minimum atomic E-state index is 0.644. The molecule has 0 aromatic carbocycles. The van der Waals surface area contributed by atoms with Gasteiger partial charge in [0, 0.05) is 6.04 Å². The van der Waals surface area contributed by atoms with Gasteiger partial charge in [-0.1, -0.05) is 27.2 Å². The van der Waals surface area contributed by atoms with E-state index in [1.165, 1.54) is 32.4 Å². The lowest BCUT2D eigenvalue weighted by molar-refractivity contribution is 0.0436. The van der Waals surface area contributed by atoms with Crippen LogP contribution in [0.5, 0.6) is 0 Å². The first kappa shape index (κ1) is 12.0. The molecule has 1 aliphatic heterocycles. The summed E-state index contributed by atoms with van der Waals surface area (Å²) in [6.45, 7) is 14.4. The first-order valence-corrected chi connectivity index (χ1v) is 6.26. The molecule has 0 spiro atoms. The monoisotopic (exact) mass is 197 g/mol. The Balaban J connectivity index is 2.55. The Hall–Kier alpha value is -0.0400. The maximum absolute atomic E-state index is 2.62. The van der Waals surface area contributed by atoms with Gasteiger partial charge in [0.1, 0.15) is 0 Å². The molecule has 0 atom stereocenters. The van der Waals surface area contributed by atoms with Crippen LogP contribution in [0.25, 0.3) is 0 Å². The van der Waals surface area contributed by atoms with Crippen LogP contribution in [0, 0.1) is 11.3 Å². The number of rotatable bonds is 3. The zero-order chi connectivity index (χ0) is 10.8. The molecular formula is C13H27N. The van der Waals surface area contributed by atoms with Crippen molar-refractivity contribution in [2.24, 2.45) is 11.3 Å². The van der Waals surface area contributed by atoms with Gasteiger partial charge in [-0.15, -0.1) is 0 Å². The zero-order valence-electron chi connectivity index (χ0n) is 10.6. The molecular weight excluding hydrogens is 170 g/mol. The van der Waals surface area contributed by atoms with Crippen molar-refractivity contribution < 1.29 is 0 Å². The summed E-state index contributed by atoms with van der Waals surface area (Å²) in [4.78, 5) is 2.62. The summed E-state index contributed by atoms with van der Waals surface area (Å²) in [7, 11) is 0. The van der Waals surface area contributed by atoms with Crippen molar-refractivity contribution in [3.63, 3.8) is 0 Å². The predicted molar refractivity (Wildman–Crippen MR) is 63.5 cm³/mol. The van der Waals surface area contributed by atoms with Crippen LogP contribution in [-0.4, -0.2) is 24.0 Å². The van der Waals surface area contributed by atoms with Crippen LogP contribution in [-0.2, 0) is 0 Å². The van der Waals surface area contributed by atoms with E-state index in [4.69, 9.17) is 0 Å². The molecule has 1 heteroatoms. The van der Waals surface area contributed by atoms with Crippen molar-refractivity contribution in [2.75, 3.05) is 13.1 Å². The van der Waals surface area contributed by atoms with E-state index in [9.17, 15) is 0 Å². The fourth-order valence-corrected chi connectivity index (χ4v) is 2.82. The Morgan fingerprint density at radius 1 is 1.07 bits per heavy atom. The fraction of sp³-hybridized carbons (Fsp3) is 1.00. The molecule has 14 heavy (non-hydrogen) atoms. The Bertz CT molecular complexity index is 164. The quantitative estimate of drug-likeness (QED) is 0.669. The van der Waals surface area contributed by atoms with Crippen molar-refractivity contribution in [3.05, 3.63) is 0 Å². The molecule has 0 unspecified atom stereocenters. The van der Waals surface area contributed by atoms with E-state index in [-0.39, 0.29) is 0 Å². The highest BCUT2D eigenvalue weighted by Gasteiger charge is 2.35. The van der Waals surface area contributed by atoms with Crippen LogP contribution in [0.3, 0.4) is 0 Å². The summed E-state index contributed by atoms with van der Waals surface area (Å²) < 4.78 is 0. The lowest BCUT2D eigenvalue weighted by atomic mass is 9.68. The van der Waals surface area contributed by atoms with E-state index in [1.807, 2.05) is 0 Å². The minimum absolute atomic E-state index is 0.644. The van der Waals surface area contributed by atoms with Crippen LogP contribution < -0.4 is 0 Å². The van der Waals surface area contributed by atoms with E-state index < -0.39 is 0 Å². The van der Waals surface area contributed by atoms with Crippen molar-refractivity contribution in [1.29, 1.82) is 0 Å². The summed E-state index contributed by atoms with van der Waals surface area (Å²) in [5.41, 5.74) is 0.644. The third kappa shape index (κ3) is 2.31. The topological polar surface area (TPSA) is 3.24 Å². The first-order valence-electron chi connectivity index (χ1n) is 6.26. The number of likely N-dealkylation sites (tertiary alicyclic amines) is 1. The standard InChI is InChI=1S/C13H27N/c1-6-13(11(2)3)7-9-14(10-8-13)12(4)5/h11-12H,6-10H2,1-5H3. The third-order valence-corrected chi connectivity index (χ3v) is 4.45. The van der Waals surface area contributed by atoms with Gasteiger partial charge >= 0.3 is 0 Å². The Morgan fingerprint density at radius 3 is 1.86 bits per heavy atom. The first-order chi connectivity index (χ1) is 6.52. The largest absolute Gasteiger partial charge is 0.301 e. The van der Waals surface area contributed by atoms with Crippen molar-refractivity contribution in [1.82, 2.24) is 4.90 Å². The Kier molecular flexibility index (Phi) is 4.00. The van der Waals surface area contributed by atoms with Gasteiger partial charge in [-0.2, -0.15) is 0 Å². The van der Waals surface area contributed by atoms with E-state index in [1.54, 1.807) is 0 Å². The normalized spacial score (nSPS) is 23.4. The molecule has 1 heterocycles. The highest BCUT2D eigenvalue weighted by molar-refractivity contribution is 4.88. The van der Waals surface area contributed by atoms with Gasteiger partial charge < -0.3 is 4.90 Å². The lowest BCUT2D eigenvalue weighted by Gasteiger charge is -2.45. The molecule has 0 N–H and O–H groups in total. The SMILES string of the molecule is CCC1(C(C)C)CCN(C(C)C)CC1. The number of piperidine rings is 1. The molecule has 0 aromatic rings.